The van der Waals surface area contributed by atoms with Gasteiger partial charge < -0.3 is 15.4 Å². The van der Waals surface area contributed by atoms with E-state index in [2.05, 4.69) is 22.8 Å². The Bertz CT molecular complexity index is 595. The van der Waals surface area contributed by atoms with Crippen LogP contribution in [0.5, 0.6) is 5.75 Å². The standard InChI is InChI=1S/C19H24N2O2/c1-15(2)23-18-10-8-17(9-11-18)21-14-19(22)20-13-12-16-6-4-3-5-7-16/h3-11,15,21H,12-14H2,1-2H3,(H,20,22). The Morgan fingerprint density at radius 3 is 2.39 bits per heavy atom. The van der Waals surface area contributed by atoms with Gasteiger partial charge in [0.05, 0.1) is 12.6 Å². The van der Waals surface area contributed by atoms with E-state index in [0.29, 0.717) is 6.54 Å². The molecule has 2 aromatic carbocycles. The van der Waals surface area contributed by atoms with E-state index in [-0.39, 0.29) is 18.6 Å². The number of hydrogen-bond donors (Lipinski definition) is 2. The van der Waals surface area contributed by atoms with Crippen molar-refractivity contribution in [1.82, 2.24) is 5.32 Å². The Labute approximate surface area is 137 Å². The van der Waals surface area contributed by atoms with Gasteiger partial charge in [0.25, 0.3) is 0 Å². The highest BCUT2D eigenvalue weighted by Crippen LogP contribution is 2.16. The molecule has 0 radical (unpaired) electrons. The lowest BCUT2D eigenvalue weighted by atomic mass is 10.1. The highest BCUT2D eigenvalue weighted by atomic mass is 16.5. The Morgan fingerprint density at radius 2 is 1.74 bits per heavy atom. The van der Waals surface area contributed by atoms with E-state index in [4.69, 9.17) is 4.74 Å². The van der Waals surface area contributed by atoms with Gasteiger partial charge in [-0.15, -0.1) is 0 Å². The maximum Gasteiger partial charge on any atom is 0.239 e. The van der Waals surface area contributed by atoms with Crippen LogP contribution in [0.25, 0.3) is 0 Å². The van der Waals surface area contributed by atoms with Crippen LogP contribution in [-0.4, -0.2) is 25.1 Å². The first kappa shape index (κ1) is 16.9. The Balaban J connectivity index is 1.67. The van der Waals surface area contributed by atoms with Crippen LogP contribution in [0.15, 0.2) is 54.6 Å². The fourth-order valence-electron chi connectivity index (χ4n) is 2.16. The quantitative estimate of drug-likeness (QED) is 0.787. The maximum atomic E-state index is 11.8. The van der Waals surface area contributed by atoms with Gasteiger partial charge in [-0.3, -0.25) is 4.79 Å². The lowest BCUT2D eigenvalue weighted by Gasteiger charge is -2.11. The average Bonchev–Trinajstić information content (AvgIpc) is 2.55. The van der Waals surface area contributed by atoms with Crippen molar-refractivity contribution in [2.75, 3.05) is 18.4 Å². The van der Waals surface area contributed by atoms with E-state index in [1.807, 2.05) is 56.3 Å². The van der Waals surface area contributed by atoms with Crippen molar-refractivity contribution in [3.05, 3.63) is 60.2 Å². The Morgan fingerprint density at radius 1 is 1.04 bits per heavy atom. The van der Waals surface area contributed by atoms with E-state index in [0.717, 1.165) is 17.9 Å². The molecule has 4 nitrogen and oxygen atoms in total. The summed E-state index contributed by atoms with van der Waals surface area (Å²) in [5.74, 6) is 0.821. The zero-order chi connectivity index (χ0) is 16.5. The Kier molecular flexibility index (Phi) is 6.48. The van der Waals surface area contributed by atoms with Crippen LogP contribution < -0.4 is 15.4 Å². The van der Waals surface area contributed by atoms with Crippen LogP contribution in [0.3, 0.4) is 0 Å². The second kappa shape index (κ2) is 8.83. The summed E-state index contributed by atoms with van der Waals surface area (Å²) >= 11 is 0. The second-order valence-corrected chi connectivity index (χ2v) is 5.63. The zero-order valence-corrected chi connectivity index (χ0v) is 13.7. The molecule has 2 N–H and O–H groups in total. The van der Waals surface area contributed by atoms with Gasteiger partial charge in [0.15, 0.2) is 0 Å². The summed E-state index contributed by atoms with van der Waals surface area (Å²) in [7, 11) is 0. The van der Waals surface area contributed by atoms with Gasteiger partial charge in [-0.1, -0.05) is 30.3 Å². The summed E-state index contributed by atoms with van der Waals surface area (Å²) in [6.45, 7) is 4.89. The molecule has 0 saturated carbocycles. The fourth-order valence-corrected chi connectivity index (χ4v) is 2.16. The molecule has 0 aliphatic carbocycles. The van der Waals surface area contributed by atoms with Crippen molar-refractivity contribution in [3.8, 4) is 5.75 Å². The van der Waals surface area contributed by atoms with Crippen LogP contribution >= 0.6 is 0 Å². The molecular formula is C19H24N2O2. The Hall–Kier alpha value is -2.49. The fraction of sp³-hybridized carbons (Fsp3) is 0.316. The van der Waals surface area contributed by atoms with Gasteiger partial charge in [-0.05, 0) is 50.1 Å². The van der Waals surface area contributed by atoms with Gasteiger partial charge in [0.1, 0.15) is 5.75 Å². The lowest BCUT2D eigenvalue weighted by molar-refractivity contribution is -0.119. The van der Waals surface area contributed by atoms with Crippen molar-refractivity contribution < 1.29 is 9.53 Å². The molecule has 4 heteroatoms. The topological polar surface area (TPSA) is 50.4 Å². The van der Waals surface area contributed by atoms with E-state index >= 15 is 0 Å². The zero-order valence-electron chi connectivity index (χ0n) is 13.7. The molecule has 0 aromatic heterocycles. The van der Waals surface area contributed by atoms with Gasteiger partial charge in [-0.2, -0.15) is 0 Å². The van der Waals surface area contributed by atoms with Crippen LogP contribution in [0, 0.1) is 0 Å². The largest absolute Gasteiger partial charge is 0.491 e. The summed E-state index contributed by atoms with van der Waals surface area (Å²) in [4.78, 5) is 11.8. The second-order valence-electron chi connectivity index (χ2n) is 5.63. The van der Waals surface area contributed by atoms with Gasteiger partial charge >= 0.3 is 0 Å². The van der Waals surface area contributed by atoms with E-state index < -0.39 is 0 Å². The lowest BCUT2D eigenvalue weighted by Crippen LogP contribution is -2.31. The molecule has 0 aliphatic rings. The van der Waals surface area contributed by atoms with Crippen molar-refractivity contribution in [3.63, 3.8) is 0 Å². The number of amides is 1. The van der Waals surface area contributed by atoms with Gasteiger partial charge in [0, 0.05) is 12.2 Å². The number of hydrogen-bond acceptors (Lipinski definition) is 3. The molecule has 0 unspecified atom stereocenters. The molecular weight excluding hydrogens is 288 g/mol. The van der Waals surface area contributed by atoms with Gasteiger partial charge in [0.2, 0.25) is 5.91 Å². The molecule has 2 rings (SSSR count). The molecule has 0 aliphatic heterocycles. The van der Waals surface area contributed by atoms with E-state index in [1.165, 1.54) is 5.56 Å². The predicted molar refractivity (Wildman–Crippen MR) is 93.9 cm³/mol. The number of rotatable bonds is 8. The molecule has 0 heterocycles. The maximum absolute atomic E-state index is 11.8. The van der Waals surface area contributed by atoms with E-state index in [1.54, 1.807) is 0 Å². The highest BCUT2D eigenvalue weighted by Gasteiger charge is 2.02. The monoisotopic (exact) mass is 312 g/mol. The molecule has 0 bridgehead atoms. The summed E-state index contributed by atoms with van der Waals surface area (Å²) in [5.41, 5.74) is 2.13. The minimum atomic E-state index is -0.0107. The number of carbonyl (C=O) groups excluding carboxylic acids is 1. The third-order valence-corrected chi connectivity index (χ3v) is 3.26. The van der Waals surface area contributed by atoms with Crippen LogP contribution in [-0.2, 0) is 11.2 Å². The third kappa shape index (κ3) is 6.43. The number of benzene rings is 2. The minimum Gasteiger partial charge on any atom is -0.491 e. The average molecular weight is 312 g/mol. The van der Waals surface area contributed by atoms with Gasteiger partial charge in [-0.25, -0.2) is 0 Å². The highest BCUT2D eigenvalue weighted by molar-refractivity contribution is 5.80. The van der Waals surface area contributed by atoms with Crippen molar-refractivity contribution in [2.45, 2.75) is 26.4 Å². The summed E-state index contributed by atoms with van der Waals surface area (Å²) in [5, 5.41) is 6.02. The molecule has 23 heavy (non-hydrogen) atoms. The first-order chi connectivity index (χ1) is 11.1. The van der Waals surface area contributed by atoms with Crippen molar-refractivity contribution in [1.29, 1.82) is 0 Å². The molecule has 0 fully saturated rings. The number of nitrogens with one attached hydrogen (secondary N) is 2. The van der Waals surface area contributed by atoms with Crippen molar-refractivity contribution >= 4 is 11.6 Å². The van der Waals surface area contributed by atoms with Crippen LogP contribution in [0.4, 0.5) is 5.69 Å². The van der Waals surface area contributed by atoms with E-state index in [9.17, 15) is 4.79 Å². The summed E-state index contributed by atoms with van der Waals surface area (Å²) in [6.07, 6.45) is 0.998. The van der Waals surface area contributed by atoms with Crippen LogP contribution in [0.1, 0.15) is 19.4 Å². The molecule has 0 spiro atoms. The molecule has 0 saturated heterocycles. The minimum absolute atomic E-state index is 0.0107. The SMILES string of the molecule is CC(C)Oc1ccc(NCC(=O)NCCc2ccccc2)cc1. The summed E-state index contributed by atoms with van der Waals surface area (Å²) < 4.78 is 5.58. The third-order valence-electron chi connectivity index (χ3n) is 3.26. The summed E-state index contributed by atoms with van der Waals surface area (Å²) in [6, 6.07) is 17.7. The smallest absolute Gasteiger partial charge is 0.239 e. The molecule has 122 valence electrons. The molecule has 1 amide bonds. The van der Waals surface area contributed by atoms with Crippen molar-refractivity contribution in [2.24, 2.45) is 0 Å². The number of ether oxygens (including phenoxy) is 1. The number of carbonyl (C=O) groups is 1. The normalized spacial score (nSPS) is 10.4. The first-order valence-electron chi connectivity index (χ1n) is 7.94. The van der Waals surface area contributed by atoms with Crippen LogP contribution in [0.2, 0.25) is 0 Å². The predicted octanol–water partition coefficient (Wildman–Crippen LogP) is 3.24. The molecule has 2 aromatic rings. The molecule has 0 atom stereocenters. The number of anilines is 1. The first-order valence-corrected chi connectivity index (χ1v) is 7.94.